The van der Waals surface area contributed by atoms with Crippen molar-refractivity contribution in [2.45, 2.75) is 13.0 Å². The van der Waals surface area contributed by atoms with Crippen LogP contribution in [0.4, 0.5) is 10.1 Å². The molecule has 0 spiro atoms. The Hall–Kier alpha value is -3.11. The lowest BCUT2D eigenvalue weighted by Crippen LogP contribution is -2.44. The second kappa shape index (κ2) is 6.65. The van der Waals surface area contributed by atoms with Crippen LogP contribution in [0.5, 0.6) is 0 Å². The van der Waals surface area contributed by atoms with Crippen LogP contribution in [0.1, 0.15) is 11.1 Å². The van der Waals surface area contributed by atoms with Crippen LogP contribution in [0.2, 0.25) is 0 Å². The molecule has 0 aromatic carbocycles. The topological polar surface area (TPSA) is 136 Å². The third kappa shape index (κ3) is 3.60. The second-order valence-electron chi connectivity index (χ2n) is 6.32. The average Bonchev–Trinajstić information content (AvgIpc) is 2.55. The number of fused-ring (bicyclic) bond motifs is 1. The van der Waals surface area contributed by atoms with Crippen LogP contribution in [-0.4, -0.2) is 46.4 Å². The zero-order valence-electron chi connectivity index (χ0n) is 14.1. The van der Waals surface area contributed by atoms with E-state index >= 15 is 0 Å². The third-order valence-electron chi connectivity index (χ3n) is 4.15. The number of hydrogen-bond donors (Lipinski definition) is 5. The summed E-state index contributed by atoms with van der Waals surface area (Å²) in [5, 5.41) is 23.0. The smallest absolute Gasteiger partial charge is 0.263 e. The number of rotatable bonds is 3. The number of amides is 1. The van der Waals surface area contributed by atoms with E-state index in [1.54, 1.807) is 13.2 Å². The van der Waals surface area contributed by atoms with Gasteiger partial charge < -0.3 is 16.4 Å². The highest BCUT2D eigenvalue weighted by Gasteiger charge is 2.30. The van der Waals surface area contributed by atoms with Gasteiger partial charge in [0.1, 0.15) is 30.3 Å². The van der Waals surface area contributed by atoms with E-state index < -0.39 is 17.6 Å². The summed E-state index contributed by atoms with van der Waals surface area (Å²) in [6.07, 6.45) is 5.65. The third-order valence-corrected chi connectivity index (χ3v) is 4.15. The zero-order chi connectivity index (χ0) is 18.9. The fourth-order valence-electron chi connectivity index (χ4n) is 2.89. The molecule has 6 N–H and O–H groups in total. The first kappa shape index (κ1) is 17.7. The van der Waals surface area contributed by atoms with Crippen LogP contribution in [0.3, 0.4) is 0 Å². The molecule has 0 radical (unpaired) electrons. The van der Waals surface area contributed by atoms with Crippen LogP contribution >= 0.6 is 0 Å². The molecule has 0 aliphatic carbocycles. The Morgan fingerprint density at radius 2 is 2.27 bits per heavy atom. The van der Waals surface area contributed by atoms with Crippen LogP contribution in [0, 0.1) is 5.41 Å². The maximum absolute atomic E-state index is 13.0. The first-order valence-electron chi connectivity index (χ1n) is 7.86. The molecule has 2 aliphatic heterocycles. The molecule has 0 saturated heterocycles. The summed E-state index contributed by atoms with van der Waals surface area (Å²) in [6.45, 7) is 0.874. The van der Waals surface area contributed by atoms with E-state index in [0.717, 1.165) is 23.5 Å². The number of pyridine rings is 1. The van der Waals surface area contributed by atoms with Gasteiger partial charge in [-0.25, -0.2) is 14.6 Å². The van der Waals surface area contributed by atoms with Gasteiger partial charge in [0.05, 0.1) is 25.1 Å². The summed E-state index contributed by atoms with van der Waals surface area (Å²) in [6, 6.07) is 0. The van der Waals surface area contributed by atoms with Crippen molar-refractivity contribution in [2.24, 2.45) is 10.7 Å². The summed E-state index contributed by atoms with van der Waals surface area (Å²) >= 11 is 0. The molecule has 1 atom stereocenters. The van der Waals surface area contributed by atoms with E-state index in [0.29, 0.717) is 25.2 Å². The molecule has 1 aromatic rings. The monoisotopic (exact) mass is 360 g/mol. The van der Waals surface area contributed by atoms with Crippen molar-refractivity contribution in [3.05, 3.63) is 46.9 Å². The summed E-state index contributed by atoms with van der Waals surface area (Å²) in [4.78, 5) is 20.5. The lowest BCUT2D eigenvalue weighted by molar-refractivity contribution is -1.10. The molecule has 3 rings (SSSR count). The highest BCUT2D eigenvalue weighted by Crippen LogP contribution is 2.27. The fraction of sp³-hybridized carbons (Fsp3) is 0.250. The van der Waals surface area contributed by atoms with Crippen molar-refractivity contribution in [1.82, 2.24) is 10.3 Å². The number of halogens is 1. The van der Waals surface area contributed by atoms with Crippen molar-refractivity contribution in [3.63, 3.8) is 0 Å². The molecule has 1 amide bonds. The van der Waals surface area contributed by atoms with E-state index in [4.69, 9.17) is 11.1 Å². The van der Waals surface area contributed by atoms with Gasteiger partial charge in [-0.05, 0) is 5.56 Å². The van der Waals surface area contributed by atoms with Crippen molar-refractivity contribution < 1.29 is 19.0 Å². The minimum absolute atomic E-state index is 0.0197. The number of carbonyl (C=O) groups is 1. The van der Waals surface area contributed by atoms with E-state index in [1.165, 1.54) is 6.20 Å². The number of nitrogens with one attached hydrogen (secondary N) is 3. The normalized spacial score (nSPS) is 23.4. The predicted molar refractivity (Wildman–Crippen MR) is 92.9 cm³/mol. The van der Waals surface area contributed by atoms with Crippen LogP contribution in [-0.2, 0) is 17.8 Å². The van der Waals surface area contributed by atoms with Gasteiger partial charge in [-0.15, -0.1) is 0 Å². The number of likely N-dealkylation sites (N-methyl/N-ethyl adjacent to an activating group) is 1. The van der Waals surface area contributed by atoms with Gasteiger partial charge in [0, 0.05) is 24.4 Å². The number of quaternary nitrogens is 1. The molecule has 1 aromatic heterocycles. The molecular formula is C16H19FN7O2+. The van der Waals surface area contributed by atoms with E-state index in [1.807, 2.05) is 0 Å². The first-order valence-corrected chi connectivity index (χ1v) is 7.86. The highest BCUT2D eigenvalue weighted by molar-refractivity contribution is 6.24. The number of hydrogen-bond acceptors (Lipinski definition) is 6. The van der Waals surface area contributed by atoms with Gasteiger partial charge in [-0.1, -0.05) is 0 Å². The number of allylic oxidation sites excluding steroid dienone is 1. The van der Waals surface area contributed by atoms with Gasteiger partial charge in [0.15, 0.2) is 5.83 Å². The van der Waals surface area contributed by atoms with Crippen LogP contribution in [0.15, 0.2) is 40.8 Å². The van der Waals surface area contributed by atoms with Gasteiger partial charge in [0.25, 0.3) is 5.91 Å². The highest BCUT2D eigenvalue weighted by atomic mass is 19.1. The van der Waals surface area contributed by atoms with E-state index in [9.17, 15) is 14.4 Å². The Morgan fingerprint density at radius 3 is 2.92 bits per heavy atom. The molecule has 26 heavy (non-hydrogen) atoms. The largest absolute Gasteiger partial charge is 0.383 e. The number of nitrogens with zero attached hydrogens (tertiary/aromatic N) is 3. The van der Waals surface area contributed by atoms with E-state index in [-0.39, 0.29) is 16.0 Å². The Kier molecular flexibility index (Phi) is 4.53. The van der Waals surface area contributed by atoms with Crippen molar-refractivity contribution >= 4 is 23.6 Å². The molecule has 0 bridgehead atoms. The molecular weight excluding hydrogens is 341 g/mol. The predicted octanol–water partition coefficient (Wildman–Crippen LogP) is 0.544. The molecule has 0 fully saturated rings. The number of hydroxylamine groups is 3. The quantitative estimate of drug-likeness (QED) is 0.232. The minimum Gasteiger partial charge on any atom is -0.383 e. The van der Waals surface area contributed by atoms with Gasteiger partial charge in [-0.3, -0.25) is 15.2 Å². The Morgan fingerprint density at radius 1 is 1.50 bits per heavy atom. The van der Waals surface area contributed by atoms with Gasteiger partial charge in [-0.2, -0.15) is 4.65 Å². The molecule has 0 unspecified atom stereocenters. The number of amidine groups is 1. The number of carbonyl (C=O) groups excluding carboxylic acids is 1. The molecule has 0 saturated carbocycles. The lowest BCUT2D eigenvalue weighted by atomic mass is 10.00. The average molecular weight is 360 g/mol. The van der Waals surface area contributed by atoms with E-state index in [2.05, 4.69) is 20.6 Å². The number of nitrogens with two attached hydrogens (primary N) is 1. The number of aliphatic imine (C=N–C) groups is 1. The maximum Gasteiger partial charge on any atom is 0.263 e. The molecule has 3 heterocycles. The fourth-order valence-corrected chi connectivity index (χ4v) is 2.89. The van der Waals surface area contributed by atoms with Gasteiger partial charge >= 0.3 is 0 Å². The first-order chi connectivity index (χ1) is 12.3. The molecule has 136 valence electrons. The van der Waals surface area contributed by atoms with Crippen LogP contribution < -0.4 is 16.4 Å². The Balaban J connectivity index is 1.89. The van der Waals surface area contributed by atoms with Crippen LogP contribution in [0.25, 0.3) is 0 Å². The summed E-state index contributed by atoms with van der Waals surface area (Å²) in [5.41, 5.74) is 7.49. The van der Waals surface area contributed by atoms with Crippen molar-refractivity contribution in [2.75, 3.05) is 18.9 Å². The summed E-state index contributed by atoms with van der Waals surface area (Å²) < 4.78 is 12.9. The van der Waals surface area contributed by atoms with Crippen molar-refractivity contribution in [1.29, 1.82) is 5.41 Å². The maximum atomic E-state index is 13.0. The summed E-state index contributed by atoms with van der Waals surface area (Å²) in [7, 11) is 1.70. The minimum atomic E-state index is -0.658. The Bertz CT molecular complexity index is 873. The lowest BCUT2D eigenvalue weighted by Gasteiger charge is -2.31. The second-order valence-corrected chi connectivity index (χ2v) is 6.32. The zero-order valence-corrected chi connectivity index (χ0v) is 14.1. The van der Waals surface area contributed by atoms with Crippen molar-refractivity contribution in [3.8, 4) is 0 Å². The van der Waals surface area contributed by atoms with Gasteiger partial charge in [0.2, 0.25) is 0 Å². The molecule has 2 aliphatic rings. The SMILES string of the molecule is C[N@+]1(O)CCc2c(cncc2NC(=O)/C(C(=N)N)=C2\N=CC(F)=CN2)C1. The Labute approximate surface area is 148 Å². The molecule has 9 nitrogen and oxygen atoms in total. The standard InChI is InChI=1S/C16H18FN7O2/c1-24(26)3-2-11-9(8-24)4-20-7-12(11)23-16(25)13(14(18)19)15-21-5-10(17)6-22-15/h4-7,26H,2-3,8H2,1H3,(H4-,18,19,21,22,23,25)/p+1/t24-/m0/s1. The number of anilines is 1. The number of aromatic nitrogens is 1. The molecule has 10 heteroatoms. The summed E-state index contributed by atoms with van der Waals surface area (Å²) in [5.74, 6) is -1.79.